The van der Waals surface area contributed by atoms with E-state index in [1.54, 1.807) is 28.5 Å². The molecule has 1 saturated heterocycles. The molecule has 1 atom stereocenters. The number of rotatable bonds is 7. The summed E-state index contributed by atoms with van der Waals surface area (Å²) in [6, 6.07) is 5.99. The number of aromatic nitrogens is 3. The lowest BCUT2D eigenvalue weighted by molar-refractivity contribution is -0.121. The Bertz CT molecular complexity index is 1150. The van der Waals surface area contributed by atoms with E-state index in [1.165, 1.54) is 18.3 Å². The van der Waals surface area contributed by atoms with Gasteiger partial charge in [0.05, 0.1) is 28.5 Å². The molecule has 1 amide bonds. The van der Waals surface area contributed by atoms with E-state index in [-0.39, 0.29) is 18.5 Å². The summed E-state index contributed by atoms with van der Waals surface area (Å²) >= 11 is 1.52. The van der Waals surface area contributed by atoms with Crippen LogP contribution in [0.4, 0.5) is 10.2 Å². The number of nitrogens with zero attached hydrogens (tertiary/aromatic N) is 4. The van der Waals surface area contributed by atoms with Crippen LogP contribution >= 0.6 is 11.3 Å². The van der Waals surface area contributed by atoms with E-state index in [2.05, 4.69) is 25.6 Å². The summed E-state index contributed by atoms with van der Waals surface area (Å²) in [6.45, 7) is 3.29. The highest BCUT2D eigenvalue weighted by Crippen LogP contribution is 2.40. The normalized spacial score (nSPS) is 24.6. The van der Waals surface area contributed by atoms with Gasteiger partial charge in [-0.1, -0.05) is 6.07 Å². The molecule has 2 aromatic heterocycles. The Morgan fingerprint density at radius 1 is 1.35 bits per heavy atom. The minimum Gasteiger partial charge on any atom is -0.384 e. The number of halogens is 1. The smallest absolute Gasteiger partial charge is 0.239 e. The van der Waals surface area contributed by atoms with E-state index < -0.39 is 11.8 Å². The number of nitrogens with one attached hydrogen (secondary N) is 2. The standard InChI is InChI=1S/C24H31FN6O2S/c1-15(25)16-3-4-20-19(9-16)23(29-30(20)2)27-11-22(32)28-17-12-31(13-17)18-5-7-24(33,8-6-18)21-10-26-14-34-21/h3-4,9-10,14-15,17-18,33H,5-8,11-13H2,1-2H3,(H,27,29)(H,28,32)/t15?,18-,24-. The number of thiazole rings is 1. The third-order valence-corrected chi connectivity index (χ3v) is 8.18. The molecular formula is C24H31FN6O2S. The summed E-state index contributed by atoms with van der Waals surface area (Å²) in [7, 11) is 1.83. The maximum atomic E-state index is 13.7. The molecule has 0 bridgehead atoms. The van der Waals surface area contributed by atoms with Gasteiger partial charge in [-0.25, -0.2) is 4.39 Å². The number of carbonyl (C=O) groups is 1. The molecule has 10 heteroatoms. The van der Waals surface area contributed by atoms with Crippen molar-refractivity contribution in [3.05, 3.63) is 40.3 Å². The van der Waals surface area contributed by atoms with Crippen molar-refractivity contribution in [3.8, 4) is 0 Å². The van der Waals surface area contributed by atoms with Gasteiger partial charge in [-0.15, -0.1) is 11.3 Å². The quantitative estimate of drug-likeness (QED) is 0.475. The zero-order valence-corrected chi connectivity index (χ0v) is 20.3. The zero-order chi connectivity index (χ0) is 23.9. The first-order chi connectivity index (χ1) is 16.3. The Morgan fingerprint density at radius 3 is 2.79 bits per heavy atom. The van der Waals surface area contributed by atoms with Crippen molar-refractivity contribution in [2.75, 3.05) is 25.0 Å². The summed E-state index contributed by atoms with van der Waals surface area (Å²) in [4.78, 5) is 20.0. The fourth-order valence-corrected chi connectivity index (χ4v) is 5.92. The molecule has 34 heavy (non-hydrogen) atoms. The topological polar surface area (TPSA) is 95.3 Å². The van der Waals surface area contributed by atoms with Crippen molar-refractivity contribution in [1.82, 2.24) is 25.0 Å². The second kappa shape index (κ2) is 9.24. The maximum absolute atomic E-state index is 13.7. The van der Waals surface area contributed by atoms with Gasteiger partial charge in [0.15, 0.2) is 5.82 Å². The molecule has 0 spiro atoms. The molecule has 1 saturated carbocycles. The lowest BCUT2D eigenvalue weighted by Crippen LogP contribution is -2.63. The molecular weight excluding hydrogens is 455 g/mol. The van der Waals surface area contributed by atoms with Crippen molar-refractivity contribution in [3.63, 3.8) is 0 Å². The summed E-state index contributed by atoms with van der Waals surface area (Å²) in [5.41, 5.74) is 2.52. The van der Waals surface area contributed by atoms with Crippen molar-refractivity contribution in [2.24, 2.45) is 7.05 Å². The zero-order valence-electron chi connectivity index (χ0n) is 19.5. The van der Waals surface area contributed by atoms with Gasteiger partial charge >= 0.3 is 0 Å². The third kappa shape index (κ3) is 4.54. The first kappa shape index (κ1) is 23.2. The van der Waals surface area contributed by atoms with Crippen LogP contribution in [0.1, 0.15) is 49.2 Å². The number of hydrogen-bond acceptors (Lipinski definition) is 7. The highest BCUT2D eigenvalue weighted by Gasteiger charge is 2.41. The van der Waals surface area contributed by atoms with Crippen LogP contribution in [0.25, 0.3) is 10.9 Å². The molecule has 2 fully saturated rings. The third-order valence-electron chi connectivity index (χ3n) is 7.21. The average molecular weight is 487 g/mol. The summed E-state index contributed by atoms with van der Waals surface area (Å²) < 4.78 is 15.5. The monoisotopic (exact) mass is 486 g/mol. The number of anilines is 1. The fourth-order valence-electron chi connectivity index (χ4n) is 5.14. The van der Waals surface area contributed by atoms with Crippen LogP contribution in [0.2, 0.25) is 0 Å². The van der Waals surface area contributed by atoms with Crippen molar-refractivity contribution >= 4 is 34.0 Å². The lowest BCUT2D eigenvalue weighted by atomic mass is 9.80. The number of hydrogen-bond donors (Lipinski definition) is 3. The van der Waals surface area contributed by atoms with Gasteiger partial charge in [0.2, 0.25) is 5.91 Å². The number of likely N-dealkylation sites (tertiary alicyclic amines) is 1. The van der Waals surface area contributed by atoms with Crippen LogP contribution in [0.5, 0.6) is 0 Å². The number of alkyl halides is 1. The molecule has 1 aliphatic heterocycles. The number of aliphatic hydroxyl groups is 1. The molecule has 8 nitrogen and oxygen atoms in total. The number of amides is 1. The molecule has 1 unspecified atom stereocenters. The van der Waals surface area contributed by atoms with Gasteiger partial charge in [0.25, 0.3) is 0 Å². The highest BCUT2D eigenvalue weighted by atomic mass is 32.1. The van der Waals surface area contributed by atoms with Gasteiger partial charge in [0.1, 0.15) is 11.8 Å². The molecule has 1 aromatic carbocycles. The molecule has 2 aliphatic rings. The Labute approximate surface area is 202 Å². The predicted octanol–water partition coefficient (Wildman–Crippen LogP) is 3.10. The summed E-state index contributed by atoms with van der Waals surface area (Å²) in [5.74, 6) is 0.503. The SMILES string of the molecule is CC(F)c1ccc2c(c1)c(NCC(=O)NC1CN([C@H]3CC[C@@](O)(c4cncs4)CC3)C1)nn2C. The van der Waals surface area contributed by atoms with Crippen LogP contribution in [-0.2, 0) is 17.4 Å². The Hall–Kier alpha value is -2.56. The van der Waals surface area contributed by atoms with Gasteiger partial charge in [-0.2, -0.15) is 5.10 Å². The minimum atomic E-state index is -1.06. The number of fused-ring (bicyclic) bond motifs is 1. The number of carbonyl (C=O) groups excluding carboxylic acids is 1. The predicted molar refractivity (Wildman–Crippen MR) is 130 cm³/mol. The molecule has 3 N–H and O–H groups in total. The van der Waals surface area contributed by atoms with Gasteiger partial charge < -0.3 is 15.7 Å². The second-order valence-electron chi connectivity index (χ2n) is 9.57. The molecule has 3 heterocycles. The van der Waals surface area contributed by atoms with Crippen LogP contribution in [0, 0.1) is 0 Å². The van der Waals surface area contributed by atoms with Gasteiger partial charge in [0, 0.05) is 37.8 Å². The fraction of sp³-hybridized carbons (Fsp3) is 0.542. The van der Waals surface area contributed by atoms with Crippen molar-refractivity contribution in [2.45, 2.75) is 56.5 Å². The van der Waals surface area contributed by atoms with Crippen LogP contribution in [0.3, 0.4) is 0 Å². The van der Waals surface area contributed by atoms with E-state index in [9.17, 15) is 14.3 Å². The number of aryl methyl sites for hydroxylation is 1. The summed E-state index contributed by atoms with van der Waals surface area (Å²) in [5, 5.41) is 22.4. The van der Waals surface area contributed by atoms with Crippen LogP contribution in [0.15, 0.2) is 29.9 Å². The van der Waals surface area contributed by atoms with E-state index in [0.717, 1.165) is 54.6 Å². The van der Waals surface area contributed by atoms with Gasteiger partial charge in [-0.3, -0.25) is 19.4 Å². The average Bonchev–Trinajstić information content (AvgIpc) is 3.44. The Balaban J connectivity index is 1.09. The second-order valence-corrected chi connectivity index (χ2v) is 10.5. The minimum absolute atomic E-state index is 0.0818. The lowest BCUT2D eigenvalue weighted by Gasteiger charge is -2.48. The first-order valence-corrected chi connectivity index (χ1v) is 12.7. The van der Waals surface area contributed by atoms with Gasteiger partial charge in [-0.05, 0) is 50.3 Å². The largest absolute Gasteiger partial charge is 0.384 e. The molecule has 3 aromatic rings. The Kier molecular flexibility index (Phi) is 6.30. The first-order valence-electron chi connectivity index (χ1n) is 11.8. The van der Waals surface area contributed by atoms with Crippen molar-refractivity contribution < 1.29 is 14.3 Å². The van der Waals surface area contributed by atoms with E-state index >= 15 is 0 Å². The molecule has 182 valence electrons. The molecule has 5 rings (SSSR count). The van der Waals surface area contributed by atoms with Crippen molar-refractivity contribution in [1.29, 1.82) is 0 Å². The Morgan fingerprint density at radius 2 is 2.12 bits per heavy atom. The van der Waals surface area contributed by atoms with Crippen LogP contribution in [-0.4, -0.2) is 62.4 Å². The van der Waals surface area contributed by atoms with Crippen LogP contribution < -0.4 is 10.6 Å². The van der Waals surface area contributed by atoms with E-state index in [0.29, 0.717) is 17.4 Å². The highest BCUT2D eigenvalue weighted by molar-refractivity contribution is 7.09. The van der Waals surface area contributed by atoms with E-state index in [1.807, 2.05) is 13.1 Å². The number of benzene rings is 1. The molecule has 0 radical (unpaired) electrons. The maximum Gasteiger partial charge on any atom is 0.239 e. The van der Waals surface area contributed by atoms with E-state index in [4.69, 9.17) is 0 Å². The molecule has 1 aliphatic carbocycles. The summed E-state index contributed by atoms with van der Waals surface area (Å²) in [6.07, 6.45) is 4.11.